The van der Waals surface area contributed by atoms with E-state index in [0.29, 0.717) is 10.4 Å². The molecule has 24 heavy (non-hydrogen) atoms. The molecule has 0 atom stereocenters. The van der Waals surface area contributed by atoms with Gasteiger partial charge in [0, 0.05) is 12.6 Å². The van der Waals surface area contributed by atoms with Crippen LogP contribution in [0.3, 0.4) is 0 Å². The van der Waals surface area contributed by atoms with Crippen molar-refractivity contribution in [1.29, 1.82) is 0 Å². The van der Waals surface area contributed by atoms with E-state index in [0.717, 1.165) is 26.7 Å². The van der Waals surface area contributed by atoms with Crippen LogP contribution in [-0.4, -0.2) is 26.7 Å². The zero-order valence-electron chi connectivity index (χ0n) is 13.2. The highest BCUT2D eigenvalue weighted by Crippen LogP contribution is 2.28. The average molecular weight is 363 g/mol. The molecule has 132 valence electrons. The van der Waals surface area contributed by atoms with E-state index in [1.807, 2.05) is 0 Å². The lowest BCUT2D eigenvalue weighted by molar-refractivity contribution is -0.136. The second-order valence-electron chi connectivity index (χ2n) is 5.58. The van der Waals surface area contributed by atoms with Crippen LogP contribution < -0.4 is 11.2 Å². The van der Waals surface area contributed by atoms with Crippen LogP contribution in [-0.2, 0) is 6.54 Å². The molecular weight excluding hydrogens is 347 g/mol. The number of nitrogens with zero attached hydrogens (tertiary/aromatic N) is 3. The topological polar surface area (TPSA) is 76.6 Å². The number of hydrogen-bond donors (Lipinski definition) is 1. The predicted octanol–water partition coefficient (Wildman–Crippen LogP) is 2.87. The van der Waals surface area contributed by atoms with Gasteiger partial charge in [-0.15, -0.1) is 11.3 Å². The number of thiophene rings is 1. The molecule has 0 radical (unpaired) electrons. The maximum absolute atomic E-state index is 12.6. The number of halogens is 3. The van der Waals surface area contributed by atoms with E-state index in [2.05, 4.69) is 5.16 Å². The third-order valence-corrected chi connectivity index (χ3v) is 4.84. The summed E-state index contributed by atoms with van der Waals surface area (Å²) in [6, 6.07) is -0.499. The second-order valence-corrected chi connectivity index (χ2v) is 6.61. The van der Waals surface area contributed by atoms with Crippen LogP contribution in [0.15, 0.2) is 14.7 Å². The highest BCUT2D eigenvalue weighted by atomic mass is 32.1. The van der Waals surface area contributed by atoms with Crippen LogP contribution in [0.5, 0.6) is 0 Å². The highest BCUT2D eigenvalue weighted by molar-refractivity contribution is 7.20. The van der Waals surface area contributed by atoms with Gasteiger partial charge in [-0.3, -0.25) is 13.9 Å². The highest BCUT2D eigenvalue weighted by Gasteiger charge is 2.28. The first-order valence-corrected chi connectivity index (χ1v) is 7.92. The molecule has 2 rings (SSSR count). The van der Waals surface area contributed by atoms with Gasteiger partial charge >= 0.3 is 11.9 Å². The average Bonchev–Trinajstić information content (AvgIpc) is 2.75. The third kappa shape index (κ3) is 3.23. The van der Waals surface area contributed by atoms with Crippen LogP contribution >= 0.6 is 11.3 Å². The van der Waals surface area contributed by atoms with Gasteiger partial charge < -0.3 is 5.21 Å². The van der Waals surface area contributed by atoms with Gasteiger partial charge in [-0.1, -0.05) is 5.16 Å². The van der Waals surface area contributed by atoms with Crippen molar-refractivity contribution in [2.24, 2.45) is 5.16 Å². The van der Waals surface area contributed by atoms with E-state index in [-0.39, 0.29) is 10.2 Å². The van der Waals surface area contributed by atoms with Crippen molar-refractivity contribution < 1.29 is 18.4 Å². The van der Waals surface area contributed by atoms with Crippen LogP contribution in [0, 0.1) is 6.92 Å². The lowest BCUT2D eigenvalue weighted by Crippen LogP contribution is -2.41. The van der Waals surface area contributed by atoms with Crippen molar-refractivity contribution in [2.75, 3.05) is 0 Å². The fourth-order valence-electron chi connectivity index (χ4n) is 2.45. The molecule has 0 saturated heterocycles. The molecular formula is C14H16F3N3O3S. The molecule has 0 spiro atoms. The summed E-state index contributed by atoms with van der Waals surface area (Å²) in [6.45, 7) is 4.24. The van der Waals surface area contributed by atoms with Gasteiger partial charge in [-0.2, -0.15) is 13.2 Å². The van der Waals surface area contributed by atoms with Crippen LogP contribution in [0.25, 0.3) is 10.2 Å². The van der Waals surface area contributed by atoms with Gasteiger partial charge in [-0.25, -0.2) is 4.79 Å². The van der Waals surface area contributed by atoms with Crippen LogP contribution in [0.1, 0.15) is 36.8 Å². The van der Waals surface area contributed by atoms with E-state index < -0.39 is 36.4 Å². The van der Waals surface area contributed by atoms with E-state index >= 15 is 0 Å². The van der Waals surface area contributed by atoms with E-state index in [4.69, 9.17) is 5.21 Å². The predicted molar refractivity (Wildman–Crippen MR) is 85.5 cm³/mol. The van der Waals surface area contributed by atoms with Gasteiger partial charge in [-0.05, 0) is 26.3 Å². The summed E-state index contributed by atoms with van der Waals surface area (Å²) >= 11 is 0.947. The maximum atomic E-state index is 12.6. The molecule has 6 nitrogen and oxygen atoms in total. The Morgan fingerprint density at radius 1 is 1.33 bits per heavy atom. The van der Waals surface area contributed by atoms with Crippen molar-refractivity contribution in [3.05, 3.63) is 31.3 Å². The van der Waals surface area contributed by atoms with E-state index in [9.17, 15) is 22.8 Å². The first-order valence-electron chi connectivity index (χ1n) is 7.11. The molecule has 0 saturated carbocycles. The van der Waals surface area contributed by atoms with Crippen molar-refractivity contribution in [2.45, 2.75) is 46.0 Å². The first-order chi connectivity index (χ1) is 11.1. The maximum Gasteiger partial charge on any atom is 0.390 e. The van der Waals surface area contributed by atoms with Crippen molar-refractivity contribution in [3.8, 4) is 0 Å². The fourth-order valence-corrected chi connectivity index (χ4v) is 3.63. The molecule has 2 aromatic heterocycles. The number of hydrogen-bond acceptors (Lipinski definition) is 5. The second kappa shape index (κ2) is 6.42. The van der Waals surface area contributed by atoms with Gasteiger partial charge in [0.2, 0.25) is 0 Å². The summed E-state index contributed by atoms with van der Waals surface area (Å²) < 4.78 is 39.7. The lowest BCUT2D eigenvalue weighted by Gasteiger charge is -2.15. The zero-order chi connectivity index (χ0) is 18.2. The number of oxime groups is 1. The largest absolute Gasteiger partial charge is 0.411 e. The number of alkyl halides is 3. The summed E-state index contributed by atoms with van der Waals surface area (Å²) in [7, 11) is 0. The first kappa shape index (κ1) is 18.2. The number of aryl methyl sites for hydroxylation is 2. The Balaban J connectivity index is 2.86. The molecule has 10 heteroatoms. The van der Waals surface area contributed by atoms with Gasteiger partial charge in [0.15, 0.2) is 0 Å². The number of fused-ring (bicyclic) bond motifs is 1. The summed E-state index contributed by atoms with van der Waals surface area (Å²) in [6.07, 6.45) is -4.51. The van der Waals surface area contributed by atoms with Crippen LogP contribution in [0.4, 0.5) is 13.2 Å². The molecule has 0 aliphatic carbocycles. The molecule has 2 heterocycles. The Bertz CT molecular complexity index is 906. The van der Waals surface area contributed by atoms with Gasteiger partial charge in [0.25, 0.3) is 5.56 Å². The van der Waals surface area contributed by atoms with Gasteiger partial charge in [0.05, 0.1) is 22.9 Å². The summed E-state index contributed by atoms with van der Waals surface area (Å²) in [5, 5.41) is 11.8. The minimum Gasteiger partial charge on any atom is -0.411 e. The third-order valence-electron chi connectivity index (χ3n) is 3.59. The Morgan fingerprint density at radius 3 is 2.46 bits per heavy atom. The molecule has 0 aliphatic rings. The normalized spacial score (nSPS) is 12.8. The molecule has 2 aromatic rings. The Hall–Kier alpha value is -2.10. The summed E-state index contributed by atoms with van der Waals surface area (Å²) in [5.41, 5.74) is -0.868. The molecule has 0 bridgehead atoms. The molecule has 1 N–H and O–H groups in total. The Morgan fingerprint density at radius 2 is 1.96 bits per heavy atom. The minimum atomic E-state index is -4.42. The molecule has 0 aromatic carbocycles. The Kier molecular flexibility index (Phi) is 4.88. The quantitative estimate of drug-likeness (QED) is 0.516. The number of rotatable bonds is 4. The van der Waals surface area contributed by atoms with E-state index in [1.165, 1.54) is 0 Å². The standard InChI is InChI=1S/C14H16F3N3O3S/c1-7(2)20-11(21)10-8(3)9(6-18-23)24-12(10)19(13(20)22)5-4-14(15,16)17/h6-7,23H,4-5H2,1-3H3/b18-6+. The summed E-state index contributed by atoms with van der Waals surface area (Å²) in [4.78, 5) is 25.7. The number of aromatic nitrogens is 2. The Labute approximate surface area is 138 Å². The molecule has 0 unspecified atom stereocenters. The molecule has 0 aliphatic heterocycles. The SMILES string of the molecule is Cc1c(/C=N/O)sc2c1c(=O)n(C(C)C)c(=O)n2CCC(F)(F)F. The summed E-state index contributed by atoms with van der Waals surface area (Å²) in [5.74, 6) is 0. The van der Waals surface area contributed by atoms with Crippen molar-refractivity contribution in [1.82, 2.24) is 9.13 Å². The zero-order valence-corrected chi connectivity index (χ0v) is 14.0. The smallest absolute Gasteiger partial charge is 0.390 e. The molecule has 0 fully saturated rings. The van der Waals surface area contributed by atoms with Crippen molar-refractivity contribution in [3.63, 3.8) is 0 Å². The lowest BCUT2D eigenvalue weighted by atomic mass is 10.2. The van der Waals surface area contributed by atoms with Crippen molar-refractivity contribution >= 4 is 27.8 Å². The monoisotopic (exact) mass is 363 g/mol. The van der Waals surface area contributed by atoms with Gasteiger partial charge in [0.1, 0.15) is 4.83 Å². The minimum absolute atomic E-state index is 0.151. The van der Waals surface area contributed by atoms with Crippen LogP contribution in [0.2, 0.25) is 0 Å². The fraction of sp³-hybridized carbons (Fsp3) is 0.500. The molecule has 0 amide bonds. The van der Waals surface area contributed by atoms with E-state index in [1.54, 1.807) is 20.8 Å².